The molecule has 6 rings (SSSR count). The number of nitrogen functional groups attached to an aromatic ring is 1. The first-order chi connectivity index (χ1) is 30.7. The lowest BCUT2D eigenvalue weighted by Crippen LogP contribution is -2.71. The number of benzene rings is 2. The first-order valence-corrected chi connectivity index (χ1v) is 22.6. The van der Waals surface area contributed by atoms with Crippen molar-refractivity contribution in [1.29, 1.82) is 0 Å². The van der Waals surface area contributed by atoms with Gasteiger partial charge in [0.2, 0.25) is 5.60 Å². The summed E-state index contributed by atoms with van der Waals surface area (Å²) in [6.07, 6.45) is 1.79. The molecule has 21 nitrogen and oxygen atoms in total. The predicted molar refractivity (Wildman–Crippen MR) is 237 cm³/mol. The molecule has 0 spiro atoms. The zero-order valence-electron chi connectivity index (χ0n) is 34.7. The van der Waals surface area contributed by atoms with Crippen LogP contribution in [0.1, 0.15) is 59.5 Å². The highest BCUT2D eigenvalue weighted by Crippen LogP contribution is 2.42. The molecule has 0 saturated carbocycles. The van der Waals surface area contributed by atoms with Gasteiger partial charge in [0, 0.05) is 42.6 Å². The summed E-state index contributed by atoms with van der Waals surface area (Å²) in [5.41, 5.74) is 3.50. The fourth-order valence-electron chi connectivity index (χ4n) is 7.52. The number of oxime groups is 1. The van der Waals surface area contributed by atoms with Gasteiger partial charge in [0.25, 0.3) is 23.6 Å². The minimum atomic E-state index is -1.84. The summed E-state index contributed by atoms with van der Waals surface area (Å²) in [6.45, 7) is 4.39. The van der Waals surface area contributed by atoms with Gasteiger partial charge in [-0.1, -0.05) is 28.4 Å². The number of quaternary nitrogens is 1. The van der Waals surface area contributed by atoms with Gasteiger partial charge in [-0.3, -0.25) is 24.1 Å². The van der Waals surface area contributed by atoms with Crippen LogP contribution in [-0.2, 0) is 24.0 Å². The molecule has 1 aromatic heterocycles. The number of thiazole rings is 1. The van der Waals surface area contributed by atoms with Gasteiger partial charge < -0.3 is 61.2 Å². The number of fused-ring (bicyclic) bond motifs is 1. The lowest BCUT2D eigenvalue weighted by Gasteiger charge is -2.50. The highest BCUT2D eigenvalue weighted by Gasteiger charge is 2.55. The van der Waals surface area contributed by atoms with Crippen LogP contribution in [0, 0.1) is 0 Å². The van der Waals surface area contributed by atoms with E-state index >= 15 is 0 Å². The molecule has 4 amide bonds. The second kappa shape index (κ2) is 19.6. The molecule has 0 aliphatic carbocycles. The number of amides is 4. The van der Waals surface area contributed by atoms with E-state index in [2.05, 4.69) is 20.8 Å². The van der Waals surface area contributed by atoms with Crippen LogP contribution in [0.15, 0.2) is 46.1 Å². The highest BCUT2D eigenvalue weighted by atomic mass is 35.5. The number of aromatic nitrogens is 1. The maximum atomic E-state index is 14.1. The fourth-order valence-corrected chi connectivity index (χ4v) is 9.89. The monoisotopic (exact) mass is 979 g/mol. The normalized spacial score (nSPS) is 18.1. The standard InChI is InChI=1S/C40H44Cl2N8O13S2/c1-40(2,38(61)62)63-47-27(22-18-65-39(43)45-22)33(56)46-28-35(58)49-29(37(59)60)19(17-64-36(28)49)16-50(13-3-4-14-50)15-12-48(34(57)21-7-9-24(52)31(54)26(21)42)11-5-10-44-32(55)20-6-8-23(51)30(53)25(20)41/h6-9,18,28,36H,3-5,10-17H2,1-2H3,(H9-,43,44,45,46,47,51,52,53,54,55,56,57,59,60,61,62)/p+1/t28-,36-/m1/s1. The van der Waals surface area contributed by atoms with Gasteiger partial charge >= 0.3 is 11.9 Å². The summed E-state index contributed by atoms with van der Waals surface area (Å²) in [5, 5.41) is 68.9. The Bertz CT molecular complexity index is 2490. The molecule has 348 valence electrons. The average Bonchev–Trinajstić information content (AvgIpc) is 3.91. The van der Waals surface area contributed by atoms with Crippen LogP contribution in [0.3, 0.4) is 0 Å². The van der Waals surface area contributed by atoms with Crippen molar-refractivity contribution in [1.82, 2.24) is 25.4 Å². The van der Waals surface area contributed by atoms with E-state index in [4.69, 9.17) is 33.8 Å². The number of rotatable bonds is 18. The molecule has 3 aromatic rings. The number of hydrogen-bond donors (Lipinski definition) is 9. The number of phenolic OH excluding ortho intramolecular Hbond substituents is 4. The Hall–Kier alpha value is -6.01. The van der Waals surface area contributed by atoms with Crippen molar-refractivity contribution in [3.05, 3.63) is 67.8 Å². The molecule has 2 aromatic carbocycles. The molecular weight excluding hydrogens is 936 g/mol. The Morgan fingerprint density at radius 1 is 1.00 bits per heavy atom. The Morgan fingerprint density at radius 3 is 2.23 bits per heavy atom. The second-order valence-electron chi connectivity index (χ2n) is 15.9. The van der Waals surface area contributed by atoms with Crippen molar-refractivity contribution in [2.24, 2.45) is 5.16 Å². The molecule has 4 heterocycles. The zero-order chi connectivity index (χ0) is 47.5. The number of hydrogen-bond acceptors (Lipinski definition) is 16. The van der Waals surface area contributed by atoms with E-state index in [1.165, 1.54) is 48.0 Å². The van der Waals surface area contributed by atoms with E-state index < -0.39 is 81.3 Å². The zero-order valence-corrected chi connectivity index (χ0v) is 37.9. The van der Waals surface area contributed by atoms with Crippen molar-refractivity contribution < 1.29 is 68.7 Å². The van der Waals surface area contributed by atoms with Gasteiger partial charge in [-0.05, 0) is 44.5 Å². The number of nitrogens with two attached hydrogens (primary N) is 1. The highest BCUT2D eigenvalue weighted by molar-refractivity contribution is 8.00. The SMILES string of the molecule is CC(C)(O/N=C(\C(=O)N[C@@H]1C(=O)N2C(C(=O)O)=C(C[N+]3(CCN(CCCNC(=O)c4ccc(O)c(O)c4Cl)C(=O)c4ccc(O)c(O)c4Cl)CCCC3)CS[C@H]12)c1csc(N)n1)C(=O)O. The summed E-state index contributed by atoms with van der Waals surface area (Å²) < 4.78 is 0.348. The summed E-state index contributed by atoms with van der Waals surface area (Å²) in [6, 6.07) is 3.56. The number of likely N-dealkylation sites (tertiary alicyclic amines) is 1. The van der Waals surface area contributed by atoms with Gasteiger partial charge in [-0.2, -0.15) is 0 Å². The van der Waals surface area contributed by atoms with E-state index in [0.29, 0.717) is 29.7 Å². The van der Waals surface area contributed by atoms with Gasteiger partial charge in [0.15, 0.2) is 33.8 Å². The maximum absolute atomic E-state index is 14.1. The van der Waals surface area contributed by atoms with Crippen LogP contribution in [0.2, 0.25) is 10.0 Å². The van der Waals surface area contributed by atoms with E-state index in [1.807, 2.05) is 0 Å². The number of thioether (sulfide) groups is 1. The van der Waals surface area contributed by atoms with Crippen molar-refractivity contribution in [3.63, 3.8) is 0 Å². The molecule has 0 unspecified atom stereocenters. The van der Waals surface area contributed by atoms with Crippen LogP contribution in [0.4, 0.5) is 5.13 Å². The maximum Gasteiger partial charge on any atom is 0.352 e. The van der Waals surface area contributed by atoms with E-state index in [1.54, 1.807) is 0 Å². The number of carboxylic acid groups (broad SMARTS) is 2. The Labute approximate surface area is 388 Å². The van der Waals surface area contributed by atoms with Gasteiger partial charge in [-0.15, -0.1) is 23.1 Å². The molecule has 2 atom stereocenters. The number of β-lactam (4-membered cyclic amide) rings is 1. The molecule has 2 fully saturated rings. The summed E-state index contributed by atoms with van der Waals surface area (Å²) >= 11 is 14.6. The Kier molecular flexibility index (Phi) is 14.6. The number of halogens is 2. The van der Waals surface area contributed by atoms with E-state index in [9.17, 15) is 59.4 Å². The first-order valence-electron chi connectivity index (χ1n) is 19.9. The van der Waals surface area contributed by atoms with E-state index in [-0.39, 0.29) is 76.0 Å². The molecular formula is C40H45Cl2N8O13S2+. The molecule has 65 heavy (non-hydrogen) atoms. The summed E-state index contributed by atoms with van der Waals surface area (Å²) in [4.78, 5) is 90.6. The lowest BCUT2D eigenvalue weighted by molar-refractivity contribution is -0.911. The topological polar surface area (TPSA) is 315 Å². The number of carbonyl (C=O) groups excluding carboxylic acids is 4. The quantitative estimate of drug-likeness (QED) is 0.0221. The number of phenols is 4. The fraction of sp³-hybridized carbons (Fsp3) is 0.400. The molecule has 3 aliphatic heterocycles. The minimum absolute atomic E-state index is 0.0339. The lowest BCUT2D eigenvalue weighted by atomic mass is 10.0. The summed E-state index contributed by atoms with van der Waals surface area (Å²) in [5.74, 6) is -7.79. The van der Waals surface area contributed by atoms with Crippen LogP contribution < -0.4 is 16.4 Å². The van der Waals surface area contributed by atoms with Crippen molar-refractivity contribution in [2.45, 2.75) is 50.1 Å². The first kappa shape index (κ1) is 48.4. The van der Waals surface area contributed by atoms with Crippen molar-refractivity contribution in [2.75, 3.05) is 57.3 Å². The van der Waals surface area contributed by atoms with Gasteiger partial charge in [-0.25, -0.2) is 14.6 Å². The molecule has 0 radical (unpaired) electrons. The second-order valence-corrected chi connectivity index (χ2v) is 18.7. The number of nitrogens with one attached hydrogen (secondary N) is 2. The number of carbonyl (C=O) groups is 6. The predicted octanol–water partition coefficient (Wildman–Crippen LogP) is 2.75. The third kappa shape index (κ3) is 10.3. The van der Waals surface area contributed by atoms with Crippen LogP contribution >= 0.6 is 46.3 Å². The van der Waals surface area contributed by atoms with Crippen LogP contribution in [-0.4, -0.2) is 160 Å². The molecule has 0 bridgehead atoms. The third-order valence-electron chi connectivity index (χ3n) is 11.1. The average molecular weight is 981 g/mol. The molecule has 2 saturated heterocycles. The number of aromatic hydroxyl groups is 4. The number of carboxylic acids is 2. The van der Waals surface area contributed by atoms with Crippen molar-refractivity contribution in [3.8, 4) is 23.0 Å². The molecule has 25 heteroatoms. The Balaban J connectivity index is 1.18. The number of anilines is 1. The molecule has 3 aliphatic rings. The minimum Gasteiger partial charge on any atom is -0.504 e. The Morgan fingerprint density at radius 2 is 1.63 bits per heavy atom. The summed E-state index contributed by atoms with van der Waals surface area (Å²) in [7, 11) is 0. The number of aliphatic carboxylic acids is 2. The van der Waals surface area contributed by atoms with E-state index in [0.717, 1.165) is 41.2 Å². The van der Waals surface area contributed by atoms with Gasteiger partial charge in [0.1, 0.15) is 29.4 Å². The van der Waals surface area contributed by atoms with Crippen LogP contribution in [0.5, 0.6) is 23.0 Å². The van der Waals surface area contributed by atoms with Crippen molar-refractivity contribution >= 4 is 92.7 Å². The molecule has 10 N–H and O–H groups in total. The smallest absolute Gasteiger partial charge is 0.352 e. The third-order valence-corrected chi connectivity index (χ3v) is 13.9. The van der Waals surface area contributed by atoms with Crippen LogP contribution in [0.25, 0.3) is 0 Å². The largest absolute Gasteiger partial charge is 0.504 e. The number of nitrogens with zero attached hydrogens (tertiary/aromatic N) is 5. The van der Waals surface area contributed by atoms with Gasteiger partial charge in [0.05, 0.1) is 47.4 Å².